The Morgan fingerprint density at radius 2 is 2.14 bits per heavy atom. The summed E-state index contributed by atoms with van der Waals surface area (Å²) in [6, 6.07) is 6.03. The molecule has 0 fully saturated rings. The van der Waals surface area contributed by atoms with E-state index in [2.05, 4.69) is 5.32 Å². The maximum Gasteiger partial charge on any atom is 0.269 e. The van der Waals surface area contributed by atoms with Gasteiger partial charge in [-0.2, -0.15) is 0 Å². The van der Waals surface area contributed by atoms with Crippen LogP contribution >= 0.6 is 11.8 Å². The summed E-state index contributed by atoms with van der Waals surface area (Å²) in [5.74, 6) is 0.0704. The molecule has 0 saturated carbocycles. The highest BCUT2D eigenvalue weighted by Gasteiger charge is 2.07. The number of nitrogens with zero attached hydrogens (tertiary/aromatic N) is 1. The normalized spacial score (nSPS) is 11.9. The van der Waals surface area contributed by atoms with E-state index in [1.165, 1.54) is 31.0 Å². The molecule has 0 saturated heterocycles. The lowest BCUT2D eigenvalue weighted by molar-refractivity contribution is -0.384. The third-order valence-electron chi connectivity index (χ3n) is 2.58. The van der Waals surface area contributed by atoms with Crippen LogP contribution in [-0.4, -0.2) is 48.1 Å². The number of thioether (sulfide) groups is 1. The van der Waals surface area contributed by atoms with Crippen LogP contribution in [0, 0.1) is 10.1 Å². The van der Waals surface area contributed by atoms with Crippen LogP contribution in [-0.2, 0) is 9.53 Å². The van der Waals surface area contributed by atoms with E-state index in [0.717, 1.165) is 4.90 Å². The first kappa shape index (κ1) is 17.4. The lowest BCUT2D eigenvalue weighted by Crippen LogP contribution is -2.29. The molecule has 0 radical (unpaired) electrons. The second-order valence-electron chi connectivity index (χ2n) is 4.29. The molecule has 1 atom stereocenters. The number of non-ortho nitro benzene ring substituents is 1. The number of benzene rings is 1. The van der Waals surface area contributed by atoms with Crippen LogP contribution in [0.15, 0.2) is 29.2 Å². The molecule has 1 aromatic rings. The van der Waals surface area contributed by atoms with E-state index in [1.54, 1.807) is 12.1 Å². The van der Waals surface area contributed by atoms with E-state index in [1.807, 2.05) is 0 Å². The zero-order chi connectivity index (χ0) is 15.7. The molecule has 1 amide bonds. The van der Waals surface area contributed by atoms with Gasteiger partial charge in [0.15, 0.2) is 0 Å². The standard InChI is InChI=1S/C13H18N2O5S/c1-20-8-11(16)6-7-14-13(17)9-21-12-4-2-10(3-5-12)15(18)19/h2-5,11,16H,6-9H2,1H3,(H,14,17). The minimum Gasteiger partial charge on any atom is -0.391 e. The van der Waals surface area contributed by atoms with Crippen LogP contribution in [0.25, 0.3) is 0 Å². The van der Waals surface area contributed by atoms with E-state index < -0.39 is 11.0 Å². The van der Waals surface area contributed by atoms with Crippen molar-refractivity contribution in [3.8, 4) is 0 Å². The van der Waals surface area contributed by atoms with Gasteiger partial charge in [-0.25, -0.2) is 0 Å². The number of aliphatic hydroxyl groups excluding tert-OH is 1. The molecule has 21 heavy (non-hydrogen) atoms. The van der Waals surface area contributed by atoms with E-state index in [0.29, 0.717) is 13.0 Å². The molecule has 0 aliphatic carbocycles. The van der Waals surface area contributed by atoms with Crippen molar-refractivity contribution in [1.29, 1.82) is 0 Å². The first-order chi connectivity index (χ1) is 10.0. The summed E-state index contributed by atoms with van der Waals surface area (Å²) in [6.07, 6.45) is -0.153. The van der Waals surface area contributed by atoms with E-state index in [-0.39, 0.29) is 24.0 Å². The van der Waals surface area contributed by atoms with E-state index >= 15 is 0 Å². The Bertz CT molecular complexity index is 466. The predicted octanol–water partition coefficient (Wildman–Crippen LogP) is 1.20. The molecule has 0 aromatic heterocycles. The molecule has 7 nitrogen and oxygen atoms in total. The number of aliphatic hydroxyl groups is 1. The molecule has 0 spiro atoms. The van der Waals surface area contributed by atoms with Crippen molar-refractivity contribution in [2.45, 2.75) is 17.4 Å². The van der Waals surface area contributed by atoms with Gasteiger partial charge < -0.3 is 15.2 Å². The number of ether oxygens (including phenoxy) is 1. The van der Waals surface area contributed by atoms with Gasteiger partial charge in [0.05, 0.1) is 23.4 Å². The molecule has 0 aliphatic heterocycles. The Hall–Kier alpha value is -1.64. The average molecular weight is 314 g/mol. The predicted molar refractivity (Wildman–Crippen MR) is 79.3 cm³/mol. The Morgan fingerprint density at radius 1 is 1.48 bits per heavy atom. The largest absolute Gasteiger partial charge is 0.391 e. The number of amides is 1. The highest BCUT2D eigenvalue weighted by molar-refractivity contribution is 8.00. The molecule has 0 bridgehead atoms. The number of methoxy groups -OCH3 is 1. The average Bonchev–Trinajstić information content (AvgIpc) is 2.46. The molecular formula is C13H18N2O5S. The maximum absolute atomic E-state index is 11.6. The third-order valence-corrected chi connectivity index (χ3v) is 3.59. The number of carbonyl (C=O) groups excluding carboxylic acids is 1. The van der Waals surface area contributed by atoms with Crippen molar-refractivity contribution < 1.29 is 19.6 Å². The fourth-order valence-electron chi connectivity index (χ4n) is 1.52. The zero-order valence-electron chi connectivity index (χ0n) is 11.7. The van der Waals surface area contributed by atoms with Crippen molar-refractivity contribution >= 4 is 23.4 Å². The third kappa shape index (κ3) is 7.07. The molecule has 0 aliphatic rings. The number of nitrogens with one attached hydrogen (secondary N) is 1. The second kappa shape index (κ2) is 9.32. The number of hydrogen-bond donors (Lipinski definition) is 2. The fourth-order valence-corrected chi connectivity index (χ4v) is 2.25. The van der Waals surface area contributed by atoms with Crippen molar-refractivity contribution in [3.05, 3.63) is 34.4 Å². The van der Waals surface area contributed by atoms with Crippen LogP contribution in [0.5, 0.6) is 0 Å². The van der Waals surface area contributed by atoms with Gasteiger partial charge in [-0.05, 0) is 18.6 Å². The fraction of sp³-hybridized carbons (Fsp3) is 0.462. The molecule has 1 rings (SSSR count). The summed E-state index contributed by atoms with van der Waals surface area (Å²) in [5.41, 5.74) is 0.0240. The molecule has 1 aromatic carbocycles. The minimum absolute atomic E-state index is 0.0240. The van der Waals surface area contributed by atoms with Crippen molar-refractivity contribution in [2.24, 2.45) is 0 Å². The Balaban J connectivity index is 2.25. The van der Waals surface area contributed by atoms with Gasteiger partial charge in [0, 0.05) is 30.7 Å². The summed E-state index contributed by atoms with van der Waals surface area (Å²) < 4.78 is 4.78. The van der Waals surface area contributed by atoms with Gasteiger partial charge in [-0.1, -0.05) is 0 Å². The van der Waals surface area contributed by atoms with Gasteiger partial charge in [-0.15, -0.1) is 11.8 Å². The molecule has 8 heteroatoms. The molecule has 2 N–H and O–H groups in total. The SMILES string of the molecule is COCC(O)CCNC(=O)CSc1ccc([N+](=O)[O-])cc1. The highest BCUT2D eigenvalue weighted by Crippen LogP contribution is 2.20. The number of nitro groups is 1. The van der Waals surface area contributed by atoms with Crippen molar-refractivity contribution in [3.63, 3.8) is 0 Å². The molecule has 1 unspecified atom stereocenters. The van der Waals surface area contributed by atoms with Crippen molar-refractivity contribution in [1.82, 2.24) is 5.32 Å². The monoisotopic (exact) mass is 314 g/mol. The van der Waals surface area contributed by atoms with Gasteiger partial charge >= 0.3 is 0 Å². The zero-order valence-corrected chi connectivity index (χ0v) is 12.5. The summed E-state index contributed by atoms with van der Waals surface area (Å²) in [6.45, 7) is 0.623. The smallest absolute Gasteiger partial charge is 0.269 e. The summed E-state index contributed by atoms with van der Waals surface area (Å²) in [5, 5.41) is 22.6. The van der Waals surface area contributed by atoms with Gasteiger partial charge in [0.25, 0.3) is 5.69 Å². The van der Waals surface area contributed by atoms with Crippen molar-refractivity contribution in [2.75, 3.05) is 26.0 Å². The van der Waals surface area contributed by atoms with E-state index in [4.69, 9.17) is 4.74 Å². The van der Waals surface area contributed by atoms with Crippen LogP contribution in [0.1, 0.15) is 6.42 Å². The highest BCUT2D eigenvalue weighted by atomic mass is 32.2. The minimum atomic E-state index is -0.586. The first-order valence-corrected chi connectivity index (χ1v) is 7.32. The first-order valence-electron chi connectivity index (χ1n) is 6.34. The van der Waals surface area contributed by atoms with E-state index in [9.17, 15) is 20.0 Å². The number of carbonyl (C=O) groups is 1. The molecular weight excluding hydrogens is 296 g/mol. The Morgan fingerprint density at radius 3 is 2.71 bits per heavy atom. The number of hydrogen-bond acceptors (Lipinski definition) is 6. The van der Waals surface area contributed by atoms with Crippen LogP contribution < -0.4 is 5.32 Å². The number of rotatable bonds is 9. The Labute approximate surface area is 126 Å². The van der Waals surface area contributed by atoms with Crippen LogP contribution in [0.4, 0.5) is 5.69 Å². The molecule has 0 heterocycles. The quantitative estimate of drug-likeness (QED) is 0.403. The van der Waals surface area contributed by atoms with Crippen LogP contribution in [0.3, 0.4) is 0 Å². The molecule has 116 valence electrons. The maximum atomic E-state index is 11.6. The lowest BCUT2D eigenvalue weighted by atomic mass is 10.3. The number of nitro benzene ring substituents is 1. The van der Waals surface area contributed by atoms with Gasteiger partial charge in [0.1, 0.15) is 0 Å². The summed E-state index contributed by atoms with van der Waals surface area (Å²) in [4.78, 5) is 22.4. The van der Waals surface area contributed by atoms with Crippen LogP contribution in [0.2, 0.25) is 0 Å². The second-order valence-corrected chi connectivity index (χ2v) is 5.34. The topological polar surface area (TPSA) is 102 Å². The van der Waals surface area contributed by atoms with Gasteiger partial charge in [-0.3, -0.25) is 14.9 Å². The van der Waals surface area contributed by atoms with Gasteiger partial charge in [0.2, 0.25) is 5.91 Å². The summed E-state index contributed by atoms with van der Waals surface area (Å²) in [7, 11) is 1.50. The Kier molecular flexibility index (Phi) is 7.73. The lowest BCUT2D eigenvalue weighted by Gasteiger charge is -2.10. The summed E-state index contributed by atoms with van der Waals surface area (Å²) >= 11 is 1.30.